The van der Waals surface area contributed by atoms with E-state index >= 15 is 0 Å². The molecule has 0 N–H and O–H groups in total. The molecule has 102 valence electrons. The first kappa shape index (κ1) is 12.5. The SMILES string of the molecule is CC1(C)CC(=O)c2ccc(OCC3CCC3)cc2O1. The third-order valence-electron chi connectivity index (χ3n) is 3.94. The zero-order valence-corrected chi connectivity index (χ0v) is 11.6. The average molecular weight is 260 g/mol. The molecule has 1 aliphatic carbocycles. The lowest BCUT2D eigenvalue weighted by molar-refractivity contribution is 0.0617. The highest BCUT2D eigenvalue weighted by molar-refractivity contribution is 6.00. The van der Waals surface area contributed by atoms with Gasteiger partial charge in [-0.25, -0.2) is 0 Å². The Hall–Kier alpha value is -1.51. The van der Waals surface area contributed by atoms with Crippen LogP contribution in [0.25, 0.3) is 0 Å². The molecule has 0 radical (unpaired) electrons. The fourth-order valence-electron chi connectivity index (χ4n) is 2.60. The molecular weight excluding hydrogens is 240 g/mol. The van der Waals surface area contributed by atoms with Crippen LogP contribution in [0.2, 0.25) is 0 Å². The molecule has 1 fully saturated rings. The number of hydrogen-bond donors (Lipinski definition) is 0. The lowest BCUT2D eigenvalue weighted by Crippen LogP contribution is -2.35. The van der Waals surface area contributed by atoms with Crippen molar-refractivity contribution in [2.24, 2.45) is 5.92 Å². The van der Waals surface area contributed by atoms with Gasteiger partial charge in [-0.05, 0) is 44.7 Å². The highest BCUT2D eigenvalue weighted by Gasteiger charge is 2.32. The summed E-state index contributed by atoms with van der Waals surface area (Å²) in [5.41, 5.74) is 0.256. The molecule has 1 aliphatic heterocycles. The second kappa shape index (κ2) is 4.55. The number of benzene rings is 1. The molecule has 2 aliphatic rings. The average Bonchev–Trinajstić information content (AvgIpc) is 2.24. The van der Waals surface area contributed by atoms with Crippen molar-refractivity contribution in [1.82, 2.24) is 0 Å². The van der Waals surface area contributed by atoms with Gasteiger partial charge in [0.2, 0.25) is 0 Å². The fraction of sp³-hybridized carbons (Fsp3) is 0.562. The highest BCUT2D eigenvalue weighted by Crippen LogP contribution is 2.36. The van der Waals surface area contributed by atoms with Crippen LogP contribution in [0.3, 0.4) is 0 Å². The maximum atomic E-state index is 12.0. The van der Waals surface area contributed by atoms with E-state index < -0.39 is 5.60 Å². The Morgan fingerprint density at radius 3 is 2.84 bits per heavy atom. The van der Waals surface area contributed by atoms with Crippen LogP contribution in [0.15, 0.2) is 18.2 Å². The zero-order valence-electron chi connectivity index (χ0n) is 11.6. The Kier molecular flexibility index (Phi) is 3.00. The Morgan fingerprint density at radius 2 is 2.16 bits per heavy atom. The van der Waals surface area contributed by atoms with Gasteiger partial charge >= 0.3 is 0 Å². The number of ether oxygens (including phenoxy) is 2. The van der Waals surface area contributed by atoms with Gasteiger partial charge in [0.05, 0.1) is 18.6 Å². The van der Waals surface area contributed by atoms with Gasteiger partial charge in [0.15, 0.2) is 5.78 Å². The standard InChI is InChI=1S/C16H20O3/c1-16(2)9-14(17)13-7-6-12(8-15(13)19-16)18-10-11-4-3-5-11/h6-8,11H,3-5,9-10H2,1-2H3. The Labute approximate surface area is 113 Å². The fourth-order valence-corrected chi connectivity index (χ4v) is 2.60. The maximum Gasteiger partial charge on any atom is 0.170 e. The lowest BCUT2D eigenvalue weighted by atomic mass is 9.86. The summed E-state index contributed by atoms with van der Waals surface area (Å²) in [5.74, 6) is 2.32. The Morgan fingerprint density at radius 1 is 1.37 bits per heavy atom. The molecule has 0 aromatic heterocycles. The van der Waals surface area contributed by atoms with Crippen molar-refractivity contribution in [2.45, 2.75) is 45.1 Å². The summed E-state index contributed by atoms with van der Waals surface area (Å²) in [7, 11) is 0. The van der Waals surface area contributed by atoms with Crippen LogP contribution in [0, 0.1) is 5.92 Å². The van der Waals surface area contributed by atoms with Crippen LogP contribution >= 0.6 is 0 Å². The van der Waals surface area contributed by atoms with E-state index in [9.17, 15) is 4.79 Å². The first-order valence-electron chi connectivity index (χ1n) is 7.03. The molecule has 1 aromatic carbocycles. The van der Waals surface area contributed by atoms with E-state index in [1.165, 1.54) is 19.3 Å². The van der Waals surface area contributed by atoms with Gasteiger partial charge in [-0.1, -0.05) is 6.42 Å². The second-order valence-corrected chi connectivity index (χ2v) is 6.23. The summed E-state index contributed by atoms with van der Waals surface area (Å²) in [4.78, 5) is 12.0. The van der Waals surface area contributed by atoms with Gasteiger partial charge in [0.1, 0.15) is 17.1 Å². The third-order valence-corrected chi connectivity index (χ3v) is 3.94. The van der Waals surface area contributed by atoms with E-state index in [0.717, 1.165) is 12.4 Å². The summed E-state index contributed by atoms with van der Waals surface area (Å²) in [6, 6.07) is 5.55. The first-order valence-corrected chi connectivity index (χ1v) is 7.03. The predicted octanol–water partition coefficient (Wildman–Crippen LogP) is 3.61. The Balaban J connectivity index is 1.76. The van der Waals surface area contributed by atoms with Crippen LogP contribution in [-0.4, -0.2) is 18.0 Å². The molecule has 0 unspecified atom stereocenters. The van der Waals surface area contributed by atoms with E-state index in [1.807, 2.05) is 32.0 Å². The van der Waals surface area contributed by atoms with Gasteiger partial charge in [0.25, 0.3) is 0 Å². The van der Waals surface area contributed by atoms with Crippen molar-refractivity contribution in [2.75, 3.05) is 6.61 Å². The minimum absolute atomic E-state index is 0.150. The van der Waals surface area contributed by atoms with Gasteiger partial charge in [-0.2, -0.15) is 0 Å². The normalized spacial score (nSPS) is 21.3. The number of ketones is 1. The summed E-state index contributed by atoms with van der Waals surface area (Å²) < 4.78 is 11.7. The molecule has 0 saturated heterocycles. The molecule has 0 atom stereocenters. The summed E-state index contributed by atoms with van der Waals surface area (Å²) in [5, 5.41) is 0. The smallest absolute Gasteiger partial charge is 0.170 e. The van der Waals surface area contributed by atoms with Gasteiger partial charge < -0.3 is 9.47 Å². The van der Waals surface area contributed by atoms with Crippen molar-refractivity contribution >= 4 is 5.78 Å². The molecule has 1 aromatic rings. The molecule has 1 heterocycles. The first-order chi connectivity index (χ1) is 9.03. The van der Waals surface area contributed by atoms with Crippen LogP contribution < -0.4 is 9.47 Å². The van der Waals surface area contributed by atoms with E-state index in [2.05, 4.69) is 0 Å². The molecule has 3 rings (SSSR count). The molecular formula is C16H20O3. The number of Topliss-reactive ketones (excluding diaryl/α,β-unsaturated/α-hetero) is 1. The molecule has 0 spiro atoms. The lowest BCUT2D eigenvalue weighted by Gasteiger charge is -2.32. The van der Waals surface area contributed by atoms with Crippen LogP contribution in [0.1, 0.15) is 49.9 Å². The topological polar surface area (TPSA) is 35.5 Å². The summed E-state index contributed by atoms with van der Waals surface area (Å²) in [6.45, 7) is 4.65. The number of fused-ring (bicyclic) bond motifs is 1. The highest BCUT2D eigenvalue weighted by atomic mass is 16.5. The van der Waals surface area contributed by atoms with Crippen LogP contribution in [0.4, 0.5) is 0 Å². The van der Waals surface area contributed by atoms with Gasteiger partial charge in [-0.3, -0.25) is 4.79 Å². The van der Waals surface area contributed by atoms with Crippen molar-refractivity contribution in [3.05, 3.63) is 23.8 Å². The minimum atomic E-state index is -0.420. The molecule has 0 bridgehead atoms. The van der Waals surface area contributed by atoms with Crippen molar-refractivity contribution in [1.29, 1.82) is 0 Å². The van der Waals surface area contributed by atoms with Crippen LogP contribution in [0.5, 0.6) is 11.5 Å². The van der Waals surface area contributed by atoms with Crippen molar-refractivity contribution in [3.8, 4) is 11.5 Å². The van der Waals surface area contributed by atoms with E-state index in [4.69, 9.17) is 9.47 Å². The largest absolute Gasteiger partial charge is 0.493 e. The number of carbonyl (C=O) groups excluding carboxylic acids is 1. The summed E-state index contributed by atoms with van der Waals surface area (Å²) >= 11 is 0. The van der Waals surface area contributed by atoms with Crippen molar-refractivity contribution < 1.29 is 14.3 Å². The minimum Gasteiger partial charge on any atom is -0.493 e. The summed E-state index contributed by atoms with van der Waals surface area (Å²) in [6.07, 6.45) is 4.30. The van der Waals surface area contributed by atoms with Crippen molar-refractivity contribution in [3.63, 3.8) is 0 Å². The molecule has 19 heavy (non-hydrogen) atoms. The van der Waals surface area contributed by atoms with Crippen LogP contribution in [-0.2, 0) is 0 Å². The molecule has 1 saturated carbocycles. The molecule has 0 amide bonds. The zero-order chi connectivity index (χ0) is 13.5. The third kappa shape index (κ3) is 2.60. The van der Waals surface area contributed by atoms with E-state index in [1.54, 1.807) is 0 Å². The Bertz CT molecular complexity index is 501. The quantitative estimate of drug-likeness (QED) is 0.832. The molecule has 3 nitrogen and oxygen atoms in total. The number of carbonyl (C=O) groups is 1. The van der Waals surface area contributed by atoms with E-state index in [-0.39, 0.29) is 5.78 Å². The number of hydrogen-bond acceptors (Lipinski definition) is 3. The van der Waals surface area contributed by atoms with E-state index in [0.29, 0.717) is 23.7 Å². The maximum absolute atomic E-state index is 12.0. The second-order valence-electron chi connectivity index (χ2n) is 6.23. The number of rotatable bonds is 3. The molecule has 3 heteroatoms. The predicted molar refractivity (Wildman–Crippen MR) is 72.9 cm³/mol. The van der Waals surface area contributed by atoms with Gasteiger partial charge in [-0.15, -0.1) is 0 Å². The van der Waals surface area contributed by atoms with Gasteiger partial charge in [0, 0.05) is 6.07 Å². The monoisotopic (exact) mass is 260 g/mol.